The first-order valence-electron chi connectivity index (χ1n) is 4.99. The molecule has 2 aromatic rings. The Balaban J connectivity index is 2.37. The first kappa shape index (κ1) is 13.8. The van der Waals surface area contributed by atoms with Crippen LogP contribution < -0.4 is 4.72 Å². The van der Waals surface area contributed by atoms with Crippen LogP contribution in [0.2, 0.25) is 0 Å². The molecule has 0 aliphatic heterocycles. The van der Waals surface area contributed by atoms with Gasteiger partial charge in [0, 0.05) is 3.57 Å². The Kier molecular flexibility index (Phi) is 4.25. The first-order valence-corrected chi connectivity index (χ1v) is 8.43. The molecule has 0 spiro atoms. The standard InChI is InChI=1S/C11H10INO3S2/c12-8-3-1-2-4-9(8)13-18(15,16)11-5-6-17-10(11)7-14/h1-6,13-14H,7H2. The Morgan fingerprint density at radius 3 is 2.67 bits per heavy atom. The fraction of sp³-hybridized carbons (Fsp3) is 0.0909. The average molecular weight is 395 g/mol. The zero-order valence-corrected chi connectivity index (χ0v) is 12.9. The topological polar surface area (TPSA) is 66.4 Å². The van der Waals surface area contributed by atoms with E-state index in [0.29, 0.717) is 10.6 Å². The van der Waals surface area contributed by atoms with E-state index < -0.39 is 10.0 Å². The molecule has 1 heterocycles. The van der Waals surface area contributed by atoms with Crippen LogP contribution in [0, 0.1) is 3.57 Å². The number of thiophene rings is 1. The van der Waals surface area contributed by atoms with Crippen molar-refractivity contribution >= 4 is 49.6 Å². The molecule has 1 aromatic carbocycles. The minimum Gasteiger partial charge on any atom is -0.391 e. The number of sulfonamides is 1. The lowest BCUT2D eigenvalue weighted by Crippen LogP contribution is -2.14. The molecule has 4 nitrogen and oxygen atoms in total. The van der Waals surface area contributed by atoms with Crippen molar-refractivity contribution in [3.63, 3.8) is 0 Å². The number of nitrogens with one attached hydrogen (secondary N) is 1. The lowest BCUT2D eigenvalue weighted by atomic mass is 10.3. The van der Waals surface area contributed by atoms with Crippen LogP contribution in [0.1, 0.15) is 4.88 Å². The predicted molar refractivity (Wildman–Crippen MR) is 80.2 cm³/mol. The van der Waals surface area contributed by atoms with E-state index in [2.05, 4.69) is 27.3 Å². The van der Waals surface area contributed by atoms with Gasteiger partial charge < -0.3 is 5.11 Å². The summed E-state index contributed by atoms with van der Waals surface area (Å²) in [6.07, 6.45) is 0. The summed E-state index contributed by atoms with van der Waals surface area (Å²) in [6, 6.07) is 8.61. The minimum absolute atomic E-state index is 0.134. The van der Waals surface area contributed by atoms with Crippen molar-refractivity contribution in [3.8, 4) is 0 Å². The largest absolute Gasteiger partial charge is 0.391 e. The molecule has 0 unspecified atom stereocenters. The molecule has 7 heteroatoms. The Morgan fingerprint density at radius 2 is 2.00 bits per heavy atom. The van der Waals surface area contributed by atoms with Gasteiger partial charge in [0.2, 0.25) is 0 Å². The molecule has 1 aromatic heterocycles. The molecule has 0 radical (unpaired) electrons. The molecule has 2 rings (SSSR count). The zero-order valence-electron chi connectivity index (χ0n) is 9.13. The fourth-order valence-corrected chi connectivity index (χ4v) is 4.51. The molecule has 0 aliphatic rings. The van der Waals surface area contributed by atoms with Crippen molar-refractivity contribution in [2.24, 2.45) is 0 Å². The normalized spacial score (nSPS) is 11.4. The number of para-hydroxylation sites is 1. The summed E-state index contributed by atoms with van der Waals surface area (Å²) >= 11 is 3.28. The summed E-state index contributed by atoms with van der Waals surface area (Å²) in [7, 11) is -3.64. The lowest BCUT2D eigenvalue weighted by molar-refractivity contribution is 0.282. The molecule has 0 bridgehead atoms. The van der Waals surface area contributed by atoms with E-state index >= 15 is 0 Å². The van der Waals surface area contributed by atoms with E-state index in [1.165, 1.54) is 17.4 Å². The van der Waals surface area contributed by atoms with Gasteiger partial charge in [-0.2, -0.15) is 0 Å². The SMILES string of the molecule is O=S(=O)(Nc1ccccc1I)c1ccsc1CO. The second-order valence-electron chi connectivity index (χ2n) is 3.45. The number of hydrogen-bond acceptors (Lipinski definition) is 4. The molecular weight excluding hydrogens is 385 g/mol. The van der Waals surface area contributed by atoms with Crippen molar-refractivity contribution in [1.82, 2.24) is 0 Å². The van der Waals surface area contributed by atoms with E-state index in [9.17, 15) is 8.42 Å². The quantitative estimate of drug-likeness (QED) is 0.783. The van der Waals surface area contributed by atoms with Gasteiger partial charge >= 0.3 is 0 Å². The summed E-state index contributed by atoms with van der Waals surface area (Å²) in [6.45, 7) is -0.278. The summed E-state index contributed by atoms with van der Waals surface area (Å²) < 4.78 is 27.7. The summed E-state index contributed by atoms with van der Waals surface area (Å²) in [5.41, 5.74) is 0.535. The minimum atomic E-state index is -3.64. The van der Waals surface area contributed by atoms with Gasteiger partial charge in [0.25, 0.3) is 10.0 Å². The molecule has 0 aliphatic carbocycles. The molecule has 0 amide bonds. The number of aliphatic hydroxyl groups is 1. The van der Waals surface area contributed by atoms with Crippen LogP contribution >= 0.6 is 33.9 Å². The van der Waals surface area contributed by atoms with Gasteiger partial charge in [0.1, 0.15) is 4.90 Å². The number of halogens is 1. The zero-order chi connectivity index (χ0) is 13.2. The van der Waals surface area contributed by atoms with E-state index in [1.54, 1.807) is 17.5 Å². The van der Waals surface area contributed by atoms with Crippen LogP contribution in [0.3, 0.4) is 0 Å². The molecular formula is C11H10INO3S2. The summed E-state index contributed by atoms with van der Waals surface area (Å²) in [5, 5.41) is 10.8. The molecule has 0 saturated heterocycles. The summed E-state index contributed by atoms with van der Waals surface area (Å²) in [5.74, 6) is 0. The highest BCUT2D eigenvalue weighted by Gasteiger charge is 2.20. The van der Waals surface area contributed by atoms with Gasteiger partial charge in [-0.1, -0.05) is 12.1 Å². The fourth-order valence-electron chi connectivity index (χ4n) is 1.43. The molecule has 2 N–H and O–H groups in total. The van der Waals surface area contributed by atoms with Crippen molar-refractivity contribution < 1.29 is 13.5 Å². The average Bonchev–Trinajstić information content (AvgIpc) is 2.81. The molecule has 18 heavy (non-hydrogen) atoms. The third kappa shape index (κ3) is 2.85. The van der Waals surface area contributed by atoms with Gasteiger partial charge in [-0.15, -0.1) is 11.3 Å². The van der Waals surface area contributed by atoms with E-state index in [1.807, 2.05) is 12.1 Å². The Bertz CT molecular complexity index is 652. The highest BCUT2D eigenvalue weighted by Crippen LogP contribution is 2.26. The van der Waals surface area contributed by atoms with E-state index in [0.717, 1.165) is 3.57 Å². The number of rotatable bonds is 4. The van der Waals surface area contributed by atoms with Crippen LogP contribution in [0.5, 0.6) is 0 Å². The molecule has 0 fully saturated rings. The van der Waals surface area contributed by atoms with Gasteiger partial charge in [0.15, 0.2) is 0 Å². The van der Waals surface area contributed by atoms with Gasteiger partial charge in [-0.3, -0.25) is 4.72 Å². The number of hydrogen-bond donors (Lipinski definition) is 2. The number of benzene rings is 1. The van der Waals surface area contributed by atoms with Gasteiger partial charge in [-0.05, 0) is 46.2 Å². The Hall–Kier alpha value is -0.640. The van der Waals surface area contributed by atoms with Crippen molar-refractivity contribution in [2.75, 3.05) is 4.72 Å². The predicted octanol–water partition coefficient (Wildman–Crippen LogP) is 2.65. The maximum Gasteiger partial charge on any atom is 0.263 e. The van der Waals surface area contributed by atoms with Crippen molar-refractivity contribution in [1.29, 1.82) is 0 Å². The first-order chi connectivity index (χ1) is 8.54. The number of anilines is 1. The van der Waals surface area contributed by atoms with Crippen LogP contribution in [0.15, 0.2) is 40.6 Å². The maximum atomic E-state index is 12.2. The van der Waals surface area contributed by atoms with Crippen molar-refractivity contribution in [2.45, 2.75) is 11.5 Å². The molecule has 0 saturated carbocycles. The van der Waals surface area contributed by atoms with Crippen LogP contribution in [-0.2, 0) is 16.6 Å². The maximum absolute atomic E-state index is 12.2. The Morgan fingerprint density at radius 1 is 1.28 bits per heavy atom. The molecule has 96 valence electrons. The second kappa shape index (κ2) is 5.55. The van der Waals surface area contributed by atoms with E-state index in [4.69, 9.17) is 5.11 Å². The smallest absolute Gasteiger partial charge is 0.263 e. The third-order valence-electron chi connectivity index (χ3n) is 2.26. The second-order valence-corrected chi connectivity index (χ2v) is 7.27. The van der Waals surface area contributed by atoms with Gasteiger partial charge in [-0.25, -0.2) is 8.42 Å². The van der Waals surface area contributed by atoms with Crippen LogP contribution in [0.25, 0.3) is 0 Å². The Labute approximate surface area is 123 Å². The van der Waals surface area contributed by atoms with Crippen LogP contribution in [0.4, 0.5) is 5.69 Å². The van der Waals surface area contributed by atoms with Crippen molar-refractivity contribution in [3.05, 3.63) is 44.2 Å². The monoisotopic (exact) mass is 395 g/mol. The van der Waals surface area contributed by atoms with Gasteiger partial charge in [0.05, 0.1) is 17.2 Å². The number of aliphatic hydroxyl groups excluding tert-OH is 1. The summed E-state index contributed by atoms with van der Waals surface area (Å²) in [4.78, 5) is 0.572. The van der Waals surface area contributed by atoms with Crippen LogP contribution in [-0.4, -0.2) is 13.5 Å². The lowest BCUT2D eigenvalue weighted by Gasteiger charge is -2.09. The third-order valence-corrected chi connectivity index (χ3v) is 5.68. The highest BCUT2D eigenvalue weighted by atomic mass is 127. The highest BCUT2D eigenvalue weighted by molar-refractivity contribution is 14.1. The molecule has 0 atom stereocenters. The van der Waals surface area contributed by atoms with E-state index in [-0.39, 0.29) is 11.5 Å².